The Labute approximate surface area is 116 Å². The van der Waals surface area contributed by atoms with Gasteiger partial charge in [-0.25, -0.2) is 0 Å². The first-order valence-corrected chi connectivity index (χ1v) is 7.62. The first-order valence-electron chi connectivity index (χ1n) is 6.68. The molecule has 3 rings (SSSR count). The van der Waals surface area contributed by atoms with Crippen LogP contribution in [-0.4, -0.2) is 34.0 Å². The van der Waals surface area contributed by atoms with E-state index in [-0.39, 0.29) is 18.0 Å². The molecule has 0 spiro atoms. The average molecular weight is 279 g/mol. The number of nitrogens with zero attached hydrogens (tertiary/aromatic N) is 1. The molecule has 0 unspecified atom stereocenters. The largest absolute Gasteiger partial charge is 0.481 e. The van der Waals surface area contributed by atoms with Crippen LogP contribution in [0, 0.1) is 5.41 Å². The highest BCUT2D eigenvalue weighted by atomic mass is 32.1. The molecule has 1 amide bonds. The minimum atomic E-state index is -0.745. The molecular formula is C14H17NO3S. The lowest BCUT2D eigenvalue weighted by atomic mass is 9.72. The van der Waals surface area contributed by atoms with Crippen LogP contribution in [0.3, 0.4) is 0 Å². The molecule has 4 nitrogen and oxygen atoms in total. The maximum Gasteiger partial charge on any atom is 0.311 e. The van der Waals surface area contributed by atoms with Crippen LogP contribution < -0.4 is 0 Å². The summed E-state index contributed by atoms with van der Waals surface area (Å²) in [5.41, 5.74) is -0.0339. The van der Waals surface area contributed by atoms with Gasteiger partial charge in [-0.15, -0.1) is 0 Å². The normalized spacial score (nSPS) is 32.8. The monoisotopic (exact) mass is 279 g/mol. The summed E-state index contributed by atoms with van der Waals surface area (Å²) in [6, 6.07) is 1.79. The number of aliphatic carboxylic acids is 1. The van der Waals surface area contributed by atoms with Crippen LogP contribution in [0.25, 0.3) is 0 Å². The van der Waals surface area contributed by atoms with Gasteiger partial charge in [-0.2, -0.15) is 11.3 Å². The molecular weight excluding hydrogens is 262 g/mol. The van der Waals surface area contributed by atoms with Crippen molar-refractivity contribution in [2.45, 2.75) is 44.7 Å². The van der Waals surface area contributed by atoms with Crippen molar-refractivity contribution in [1.82, 2.24) is 4.90 Å². The molecule has 102 valence electrons. The third kappa shape index (κ3) is 1.64. The predicted molar refractivity (Wildman–Crippen MR) is 72.3 cm³/mol. The van der Waals surface area contributed by atoms with Crippen LogP contribution in [0.1, 0.15) is 43.0 Å². The van der Waals surface area contributed by atoms with Crippen LogP contribution in [-0.2, 0) is 4.79 Å². The molecule has 2 bridgehead atoms. The topological polar surface area (TPSA) is 57.6 Å². The summed E-state index contributed by atoms with van der Waals surface area (Å²) in [6.45, 7) is 1.92. The molecule has 19 heavy (non-hydrogen) atoms. The van der Waals surface area contributed by atoms with Gasteiger partial charge in [0.2, 0.25) is 0 Å². The Morgan fingerprint density at radius 1 is 1.53 bits per heavy atom. The van der Waals surface area contributed by atoms with E-state index in [1.54, 1.807) is 0 Å². The van der Waals surface area contributed by atoms with Crippen molar-refractivity contribution in [3.63, 3.8) is 0 Å². The Morgan fingerprint density at radius 3 is 2.84 bits per heavy atom. The smallest absolute Gasteiger partial charge is 0.311 e. The van der Waals surface area contributed by atoms with Gasteiger partial charge < -0.3 is 10.0 Å². The molecule has 0 radical (unpaired) electrons. The number of rotatable bonds is 3. The maximum atomic E-state index is 12.5. The Balaban J connectivity index is 1.93. The summed E-state index contributed by atoms with van der Waals surface area (Å²) >= 11 is 1.50. The summed E-state index contributed by atoms with van der Waals surface area (Å²) in [5.74, 6) is -0.740. The minimum absolute atomic E-state index is 0.00493. The Kier molecular flexibility index (Phi) is 2.89. The van der Waals surface area contributed by atoms with Gasteiger partial charge in [-0.1, -0.05) is 6.92 Å². The molecule has 2 saturated heterocycles. The number of carboxylic acid groups (broad SMARTS) is 1. The molecule has 3 heterocycles. The second kappa shape index (κ2) is 4.34. The predicted octanol–water partition coefficient (Wildman–Crippen LogP) is 2.61. The van der Waals surface area contributed by atoms with E-state index >= 15 is 0 Å². The number of hydrogen-bond acceptors (Lipinski definition) is 3. The molecule has 3 atom stereocenters. The lowest BCUT2D eigenvalue weighted by molar-refractivity contribution is -0.151. The molecule has 0 aliphatic carbocycles. The van der Waals surface area contributed by atoms with Gasteiger partial charge in [0.25, 0.3) is 5.91 Å². The Hall–Kier alpha value is -1.36. The van der Waals surface area contributed by atoms with Crippen molar-refractivity contribution in [3.8, 4) is 0 Å². The second-order valence-corrected chi connectivity index (χ2v) is 6.27. The van der Waals surface area contributed by atoms with Crippen molar-refractivity contribution >= 4 is 23.2 Å². The fraction of sp³-hybridized carbons (Fsp3) is 0.571. The van der Waals surface area contributed by atoms with E-state index in [1.807, 2.05) is 28.7 Å². The molecule has 1 N–H and O–H groups in total. The van der Waals surface area contributed by atoms with Crippen LogP contribution in [0.5, 0.6) is 0 Å². The zero-order chi connectivity index (χ0) is 13.6. The zero-order valence-corrected chi connectivity index (χ0v) is 11.7. The zero-order valence-electron chi connectivity index (χ0n) is 10.8. The van der Waals surface area contributed by atoms with Crippen molar-refractivity contribution in [1.29, 1.82) is 0 Å². The summed E-state index contributed by atoms with van der Waals surface area (Å²) in [7, 11) is 0. The van der Waals surface area contributed by atoms with Crippen molar-refractivity contribution in [2.75, 3.05) is 0 Å². The standard InChI is InChI=1S/C14H17NO3S/c1-2-14(13(17)18)7-10-3-4-11(14)15(10)12(16)9-5-6-19-8-9/h5-6,8,10-11H,2-4,7H2,1H3,(H,17,18)/t10-,11+,14+/m0/s1. The van der Waals surface area contributed by atoms with E-state index in [4.69, 9.17) is 0 Å². The van der Waals surface area contributed by atoms with E-state index < -0.39 is 11.4 Å². The van der Waals surface area contributed by atoms with E-state index in [2.05, 4.69) is 0 Å². The third-order valence-corrected chi connectivity index (χ3v) is 5.48. The highest BCUT2D eigenvalue weighted by Crippen LogP contribution is 2.52. The summed E-state index contributed by atoms with van der Waals surface area (Å²) < 4.78 is 0. The van der Waals surface area contributed by atoms with Gasteiger partial charge in [0, 0.05) is 17.5 Å². The molecule has 0 saturated carbocycles. The summed E-state index contributed by atoms with van der Waals surface area (Å²) in [6.07, 6.45) is 2.96. The summed E-state index contributed by atoms with van der Waals surface area (Å²) in [5, 5.41) is 13.3. The fourth-order valence-electron chi connectivity index (χ4n) is 3.79. The lowest BCUT2D eigenvalue weighted by Crippen LogP contribution is -2.44. The first-order chi connectivity index (χ1) is 9.10. The number of amides is 1. The van der Waals surface area contributed by atoms with Crippen molar-refractivity contribution < 1.29 is 14.7 Å². The van der Waals surface area contributed by atoms with Crippen LogP contribution in [0.15, 0.2) is 16.8 Å². The van der Waals surface area contributed by atoms with Crippen LogP contribution >= 0.6 is 11.3 Å². The van der Waals surface area contributed by atoms with Gasteiger partial charge in [-0.05, 0) is 37.1 Å². The van der Waals surface area contributed by atoms with E-state index in [9.17, 15) is 14.7 Å². The number of carboxylic acids is 1. The number of carbonyl (C=O) groups excluding carboxylic acids is 1. The van der Waals surface area contributed by atoms with Gasteiger partial charge in [0.1, 0.15) is 0 Å². The summed E-state index contributed by atoms with van der Waals surface area (Å²) in [4.78, 5) is 26.0. The molecule has 2 aliphatic heterocycles. The highest BCUT2D eigenvalue weighted by Gasteiger charge is 2.60. The van der Waals surface area contributed by atoms with Gasteiger partial charge in [-0.3, -0.25) is 9.59 Å². The Bertz CT molecular complexity index is 513. The molecule has 1 aromatic rings. The van der Waals surface area contributed by atoms with Crippen molar-refractivity contribution in [2.24, 2.45) is 5.41 Å². The number of hydrogen-bond donors (Lipinski definition) is 1. The first kappa shape index (κ1) is 12.7. The number of fused-ring (bicyclic) bond motifs is 2. The molecule has 2 aliphatic rings. The van der Waals surface area contributed by atoms with E-state index in [1.165, 1.54) is 11.3 Å². The number of carbonyl (C=O) groups is 2. The quantitative estimate of drug-likeness (QED) is 0.925. The van der Waals surface area contributed by atoms with E-state index in [0.29, 0.717) is 18.4 Å². The molecule has 1 aromatic heterocycles. The minimum Gasteiger partial charge on any atom is -0.481 e. The van der Waals surface area contributed by atoms with Gasteiger partial charge in [0.15, 0.2) is 0 Å². The average Bonchev–Trinajstić information content (AvgIpc) is 3.12. The number of thiophene rings is 1. The second-order valence-electron chi connectivity index (χ2n) is 5.49. The Morgan fingerprint density at radius 2 is 2.32 bits per heavy atom. The van der Waals surface area contributed by atoms with E-state index in [0.717, 1.165) is 12.8 Å². The third-order valence-electron chi connectivity index (χ3n) is 4.80. The maximum absolute atomic E-state index is 12.5. The van der Waals surface area contributed by atoms with Crippen molar-refractivity contribution in [3.05, 3.63) is 22.4 Å². The van der Waals surface area contributed by atoms with Gasteiger partial charge in [0.05, 0.1) is 11.0 Å². The fourth-order valence-corrected chi connectivity index (χ4v) is 4.42. The van der Waals surface area contributed by atoms with Gasteiger partial charge >= 0.3 is 5.97 Å². The van der Waals surface area contributed by atoms with Crippen LogP contribution in [0.2, 0.25) is 0 Å². The molecule has 5 heteroatoms. The molecule has 2 fully saturated rings. The highest BCUT2D eigenvalue weighted by molar-refractivity contribution is 7.08. The SMILES string of the molecule is CC[C@@]1(C(=O)O)C[C@@H]2CC[C@H]1N2C(=O)c1ccsc1. The lowest BCUT2D eigenvalue weighted by Gasteiger charge is -2.32. The molecule has 0 aromatic carbocycles. The van der Waals surface area contributed by atoms with Crippen LogP contribution in [0.4, 0.5) is 0 Å².